The van der Waals surface area contributed by atoms with Crippen LogP contribution in [0.2, 0.25) is 0 Å². The zero-order valence-electron chi connectivity index (χ0n) is 6.85. The number of hydrogen-bond acceptors (Lipinski definition) is 4. The molecular weight excluding hydrogens is 188 g/mol. The molecule has 0 aliphatic carbocycles. The maximum atomic E-state index is 10.4. The van der Waals surface area contributed by atoms with E-state index in [0.717, 1.165) is 5.56 Å². The van der Waals surface area contributed by atoms with Gasteiger partial charge in [0, 0.05) is 12.1 Å². The van der Waals surface area contributed by atoms with Crippen molar-refractivity contribution >= 4 is 28.8 Å². The molecule has 0 saturated heterocycles. The van der Waals surface area contributed by atoms with Crippen LogP contribution in [-0.2, 0) is 0 Å². The van der Waals surface area contributed by atoms with Gasteiger partial charge in [0.25, 0.3) is 5.69 Å². The van der Waals surface area contributed by atoms with Crippen molar-refractivity contribution in [1.29, 1.82) is 0 Å². The third-order valence-corrected chi connectivity index (χ3v) is 1.52. The van der Waals surface area contributed by atoms with Gasteiger partial charge in [0.15, 0.2) is 0 Å². The molecule has 0 N–H and O–H groups in total. The average Bonchev–Trinajstić information content (AvgIpc) is 2.03. The van der Waals surface area contributed by atoms with Crippen LogP contribution in [0.3, 0.4) is 0 Å². The molecule has 5 heteroatoms. The molecule has 4 nitrogen and oxygen atoms in total. The molecule has 0 fully saturated rings. The molecule has 0 aliphatic heterocycles. The molecule has 0 aromatic heterocycles. The van der Waals surface area contributed by atoms with Crippen molar-refractivity contribution in [3.05, 3.63) is 33.9 Å². The van der Waals surface area contributed by atoms with Gasteiger partial charge >= 0.3 is 0 Å². The van der Waals surface area contributed by atoms with Gasteiger partial charge in [0.1, 0.15) is 0 Å². The Hall–Kier alpha value is -1.58. The maximum Gasteiger partial charge on any atom is 0.271 e. The number of rotatable bonds is 2. The van der Waals surface area contributed by atoms with Crippen LogP contribution in [-0.4, -0.2) is 10.1 Å². The number of nitro groups is 1. The summed E-state index contributed by atoms with van der Waals surface area (Å²) in [6.45, 7) is 1.76. The summed E-state index contributed by atoms with van der Waals surface area (Å²) in [7, 11) is 0. The molecule has 0 heterocycles. The molecule has 0 atom stereocenters. The van der Waals surface area contributed by atoms with Gasteiger partial charge < -0.3 is 0 Å². The Morgan fingerprint density at radius 3 is 2.77 bits per heavy atom. The van der Waals surface area contributed by atoms with Crippen LogP contribution in [0.4, 0.5) is 11.4 Å². The fraction of sp³-hybridized carbons (Fsp3) is 0.125. The van der Waals surface area contributed by atoms with Gasteiger partial charge in [-0.25, -0.2) is 0 Å². The Morgan fingerprint density at radius 2 is 2.23 bits per heavy atom. The molecule has 0 amide bonds. The van der Waals surface area contributed by atoms with E-state index in [1.54, 1.807) is 13.0 Å². The van der Waals surface area contributed by atoms with Gasteiger partial charge in [0.2, 0.25) is 0 Å². The van der Waals surface area contributed by atoms with Crippen LogP contribution >= 0.6 is 12.2 Å². The molecule has 0 aliphatic rings. The zero-order chi connectivity index (χ0) is 9.84. The molecular formula is C8H6N2O2S. The number of thiocarbonyl (C=S) groups is 1. The van der Waals surface area contributed by atoms with E-state index in [0.29, 0.717) is 5.69 Å². The van der Waals surface area contributed by atoms with E-state index in [2.05, 4.69) is 22.4 Å². The second kappa shape index (κ2) is 3.89. The van der Waals surface area contributed by atoms with Crippen molar-refractivity contribution in [3.63, 3.8) is 0 Å². The third kappa shape index (κ3) is 2.43. The molecule has 1 rings (SSSR count). The second-order valence-electron chi connectivity index (χ2n) is 2.49. The van der Waals surface area contributed by atoms with Crippen molar-refractivity contribution in [2.75, 3.05) is 0 Å². The van der Waals surface area contributed by atoms with Gasteiger partial charge in [-0.15, -0.1) is 0 Å². The predicted octanol–water partition coefficient (Wildman–Crippen LogP) is 2.64. The SMILES string of the molecule is Cc1cc(N=C=S)cc([N+](=O)[O-])c1. The highest BCUT2D eigenvalue weighted by Gasteiger charge is 2.06. The topological polar surface area (TPSA) is 55.5 Å². The molecule has 0 saturated carbocycles. The highest BCUT2D eigenvalue weighted by molar-refractivity contribution is 7.78. The average molecular weight is 194 g/mol. The number of nitrogens with zero attached hydrogens (tertiary/aromatic N) is 2. The summed E-state index contributed by atoms with van der Waals surface area (Å²) in [6.07, 6.45) is 0. The summed E-state index contributed by atoms with van der Waals surface area (Å²) >= 11 is 4.40. The fourth-order valence-corrected chi connectivity index (χ4v) is 1.07. The third-order valence-electron chi connectivity index (χ3n) is 1.43. The van der Waals surface area contributed by atoms with Crippen molar-refractivity contribution in [1.82, 2.24) is 0 Å². The monoisotopic (exact) mass is 194 g/mol. The highest BCUT2D eigenvalue weighted by atomic mass is 32.1. The normalized spacial score (nSPS) is 9.00. The minimum atomic E-state index is -0.463. The summed E-state index contributed by atoms with van der Waals surface area (Å²) in [5, 5.41) is 12.6. The first-order chi connectivity index (χ1) is 6.13. The highest BCUT2D eigenvalue weighted by Crippen LogP contribution is 2.21. The van der Waals surface area contributed by atoms with Gasteiger partial charge in [-0.1, -0.05) is 0 Å². The molecule has 0 spiro atoms. The molecule has 13 heavy (non-hydrogen) atoms. The largest absolute Gasteiger partial charge is 0.271 e. The first-order valence-corrected chi connectivity index (χ1v) is 3.88. The number of hydrogen-bond donors (Lipinski definition) is 0. The van der Waals surface area contributed by atoms with Gasteiger partial charge in [-0.2, -0.15) is 4.99 Å². The van der Waals surface area contributed by atoms with Crippen molar-refractivity contribution in [2.24, 2.45) is 4.99 Å². The molecule has 1 aromatic carbocycles. The lowest BCUT2D eigenvalue weighted by Gasteiger charge is -1.95. The number of isothiocyanates is 1. The summed E-state index contributed by atoms with van der Waals surface area (Å²) in [5.41, 5.74) is 1.25. The first-order valence-electron chi connectivity index (χ1n) is 3.47. The molecule has 0 bridgehead atoms. The van der Waals surface area contributed by atoms with Gasteiger partial charge in [0.05, 0.1) is 15.8 Å². The Morgan fingerprint density at radius 1 is 1.54 bits per heavy atom. The van der Waals surface area contributed by atoms with Crippen molar-refractivity contribution < 1.29 is 4.92 Å². The van der Waals surface area contributed by atoms with E-state index in [1.807, 2.05) is 0 Å². The van der Waals surface area contributed by atoms with E-state index in [-0.39, 0.29) is 5.69 Å². The fourth-order valence-electron chi connectivity index (χ4n) is 0.966. The van der Waals surface area contributed by atoms with Crippen LogP contribution in [0, 0.1) is 17.0 Å². The van der Waals surface area contributed by atoms with Crippen molar-refractivity contribution in [3.8, 4) is 0 Å². The van der Waals surface area contributed by atoms with Crippen LogP contribution in [0.1, 0.15) is 5.56 Å². The molecule has 66 valence electrons. The number of non-ortho nitro benzene ring substituents is 1. The summed E-state index contributed by atoms with van der Waals surface area (Å²) < 4.78 is 0. The molecule has 0 radical (unpaired) electrons. The Bertz CT molecular complexity index is 377. The number of aryl methyl sites for hydroxylation is 1. The van der Waals surface area contributed by atoms with Gasteiger partial charge in [-0.3, -0.25) is 10.1 Å². The predicted molar refractivity (Wildman–Crippen MR) is 52.5 cm³/mol. The summed E-state index contributed by atoms with van der Waals surface area (Å²) in [5.74, 6) is 0. The quantitative estimate of drug-likeness (QED) is 0.315. The number of benzene rings is 1. The Kier molecular flexibility index (Phi) is 2.84. The molecule has 0 unspecified atom stereocenters. The minimum Gasteiger partial charge on any atom is -0.258 e. The van der Waals surface area contributed by atoms with Crippen molar-refractivity contribution in [2.45, 2.75) is 6.92 Å². The maximum absolute atomic E-state index is 10.4. The minimum absolute atomic E-state index is 0.0176. The Balaban J connectivity index is 3.26. The molecule has 1 aromatic rings. The number of nitro benzene ring substituents is 1. The van der Waals surface area contributed by atoms with Crippen LogP contribution < -0.4 is 0 Å². The van der Waals surface area contributed by atoms with E-state index in [1.165, 1.54) is 12.1 Å². The van der Waals surface area contributed by atoms with Crippen LogP contribution in [0.25, 0.3) is 0 Å². The van der Waals surface area contributed by atoms with E-state index >= 15 is 0 Å². The standard InChI is InChI=1S/C8H6N2O2S/c1-6-2-7(9-5-13)4-8(3-6)10(11)12/h2-4H,1H3. The zero-order valence-corrected chi connectivity index (χ0v) is 7.67. The lowest BCUT2D eigenvalue weighted by molar-refractivity contribution is -0.384. The first kappa shape index (κ1) is 9.51. The Labute approximate surface area is 80.1 Å². The van der Waals surface area contributed by atoms with Crippen LogP contribution in [0.15, 0.2) is 23.2 Å². The van der Waals surface area contributed by atoms with Crippen LogP contribution in [0.5, 0.6) is 0 Å². The second-order valence-corrected chi connectivity index (χ2v) is 2.67. The van der Waals surface area contributed by atoms with E-state index in [4.69, 9.17) is 0 Å². The van der Waals surface area contributed by atoms with E-state index in [9.17, 15) is 10.1 Å². The smallest absolute Gasteiger partial charge is 0.258 e. The van der Waals surface area contributed by atoms with E-state index < -0.39 is 4.92 Å². The summed E-state index contributed by atoms with van der Waals surface area (Å²) in [6, 6.07) is 4.53. The lowest BCUT2D eigenvalue weighted by Crippen LogP contribution is -1.87. The number of aliphatic imine (C=N–C) groups is 1. The van der Waals surface area contributed by atoms with Gasteiger partial charge in [-0.05, 0) is 30.8 Å². The lowest BCUT2D eigenvalue weighted by atomic mass is 10.2. The summed E-state index contributed by atoms with van der Waals surface area (Å²) in [4.78, 5) is 13.6.